The molecule has 0 unspecified atom stereocenters. The third-order valence-electron chi connectivity index (χ3n) is 4.30. The van der Waals surface area contributed by atoms with Crippen molar-refractivity contribution in [1.29, 1.82) is 0 Å². The molecule has 2 aliphatic rings. The lowest BCUT2D eigenvalue weighted by Gasteiger charge is -2.27. The fourth-order valence-electron chi connectivity index (χ4n) is 2.86. The zero-order chi connectivity index (χ0) is 18.4. The molecular formula is C17H22N4O5. The van der Waals surface area contributed by atoms with E-state index in [2.05, 4.69) is 15.2 Å². The van der Waals surface area contributed by atoms with Crippen molar-refractivity contribution in [2.45, 2.75) is 13.0 Å². The van der Waals surface area contributed by atoms with Gasteiger partial charge in [-0.1, -0.05) is 0 Å². The standard InChI is InChI=1S/C17H22N4O5/c22-15-14(11-18-4-2-5-20-6-9-25-10-7-20)16(23)21(17(24)19-15)12-13-3-1-8-26-13/h1,3,8,11,14H,2,4-7,9-10,12H2,(H,19,22,24)/t14-/m1/s1. The molecule has 2 saturated heterocycles. The number of barbiturate groups is 1. The highest BCUT2D eigenvalue weighted by molar-refractivity contribution is 6.23. The van der Waals surface area contributed by atoms with Crippen LogP contribution in [-0.4, -0.2) is 73.3 Å². The van der Waals surface area contributed by atoms with E-state index in [0.29, 0.717) is 12.3 Å². The van der Waals surface area contributed by atoms with Crippen molar-refractivity contribution in [3.05, 3.63) is 24.2 Å². The first-order valence-corrected chi connectivity index (χ1v) is 8.64. The molecule has 0 spiro atoms. The summed E-state index contributed by atoms with van der Waals surface area (Å²) in [7, 11) is 0. The summed E-state index contributed by atoms with van der Waals surface area (Å²) in [5.41, 5.74) is 0. The van der Waals surface area contributed by atoms with E-state index in [1.165, 1.54) is 12.5 Å². The lowest BCUT2D eigenvalue weighted by atomic mass is 10.1. The number of hydrogen-bond acceptors (Lipinski definition) is 7. The van der Waals surface area contributed by atoms with Gasteiger partial charge in [0.05, 0.1) is 26.0 Å². The molecule has 26 heavy (non-hydrogen) atoms. The van der Waals surface area contributed by atoms with Crippen LogP contribution >= 0.6 is 0 Å². The minimum Gasteiger partial charge on any atom is -0.467 e. The maximum absolute atomic E-state index is 12.5. The Labute approximate surface area is 151 Å². The molecule has 0 radical (unpaired) electrons. The Hall–Kier alpha value is -2.52. The number of carbonyl (C=O) groups excluding carboxylic acids is 3. The Kier molecular flexibility index (Phi) is 6.13. The summed E-state index contributed by atoms with van der Waals surface area (Å²) >= 11 is 0. The Balaban J connectivity index is 1.51. The van der Waals surface area contributed by atoms with Gasteiger partial charge < -0.3 is 9.15 Å². The second-order valence-electron chi connectivity index (χ2n) is 6.14. The van der Waals surface area contributed by atoms with Gasteiger partial charge in [-0.15, -0.1) is 0 Å². The van der Waals surface area contributed by atoms with Crippen LogP contribution in [0.1, 0.15) is 12.2 Å². The lowest BCUT2D eigenvalue weighted by Crippen LogP contribution is -2.57. The first-order chi connectivity index (χ1) is 12.6. The summed E-state index contributed by atoms with van der Waals surface area (Å²) in [5, 5.41) is 2.19. The Bertz CT molecular complexity index is 667. The number of morpholine rings is 1. The van der Waals surface area contributed by atoms with E-state index in [4.69, 9.17) is 9.15 Å². The summed E-state index contributed by atoms with van der Waals surface area (Å²) in [5.74, 6) is -1.87. The number of imide groups is 2. The molecule has 9 nitrogen and oxygen atoms in total. The molecule has 2 aliphatic heterocycles. The Morgan fingerprint density at radius 1 is 1.27 bits per heavy atom. The van der Waals surface area contributed by atoms with Crippen LogP contribution in [-0.2, 0) is 20.9 Å². The normalized spacial score (nSPS) is 22.2. The molecule has 2 fully saturated rings. The molecule has 0 aliphatic carbocycles. The molecule has 1 aromatic heterocycles. The maximum Gasteiger partial charge on any atom is 0.331 e. The second kappa shape index (κ2) is 8.72. The van der Waals surface area contributed by atoms with Crippen LogP contribution in [0.3, 0.4) is 0 Å². The lowest BCUT2D eigenvalue weighted by molar-refractivity contribution is -0.139. The zero-order valence-corrected chi connectivity index (χ0v) is 14.4. The first kappa shape index (κ1) is 18.3. The van der Waals surface area contributed by atoms with Gasteiger partial charge in [-0.2, -0.15) is 0 Å². The Morgan fingerprint density at radius 3 is 2.81 bits per heavy atom. The van der Waals surface area contributed by atoms with Gasteiger partial charge in [0.1, 0.15) is 5.76 Å². The fraction of sp³-hybridized carbons (Fsp3) is 0.529. The van der Waals surface area contributed by atoms with Crippen molar-refractivity contribution in [3.63, 3.8) is 0 Å². The first-order valence-electron chi connectivity index (χ1n) is 8.64. The largest absolute Gasteiger partial charge is 0.467 e. The molecule has 1 N–H and O–H groups in total. The van der Waals surface area contributed by atoms with Crippen molar-refractivity contribution in [2.24, 2.45) is 10.9 Å². The van der Waals surface area contributed by atoms with Gasteiger partial charge in [0.15, 0.2) is 5.92 Å². The molecular weight excluding hydrogens is 340 g/mol. The van der Waals surface area contributed by atoms with Gasteiger partial charge in [-0.05, 0) is 18.6 Å². The number of nitrogens with one attached hydrogen (secondary N) is 1. The molecule has 1 aromatic rings. The van der Waals surface area contributed by atoms with Crippen molar-refractivity contribution < 1.29 is 23.5 Å². The quantitative estimate of drug-likeness (QED) is 0.424. The van der Waals surface area contributed by atoms with Crippen LogP contribution in [0.5, 0.6) is 0 Å². The summed E-state index contributed by atoms with van der Waals surface area (Å²) < 4.78 is 10.5. The van der Waals surface area contributed by atoms with E-state index in [-0.39, 0.29) is 6.54 Å². The number of amides is 4. The molecule has 0 aromatic carbocycles. The van der Waals surface area contributed by atoms with Gasteiger partial charge in [0.25, 0.3) is 0 Å². The molecule has 0 saturated carbocycles. The second-order valence-corrected chi connectivity index (χ2v) is 6.14. The monoisotopic (exact) mass is 362 g/mol. The van der Waals surface area contributed by atoms with Gasteiger partial charge in [-0.3, -0.25) is 29.7 Å². The predicted molar refractivity (Wildman–Crippen MR) is 91.5 cm³/mol. The zero-order valence-electron chi connectivity index (χ0n) is 14.4. The van der Waals surface area contributed by atoms with E-state index in [0.717, 1.165) is 44.2 Å². The van der Waals surface area contributed by atoms with Crippen LogP contribution in [0.25, 0.3) is 0 Å². The average molecular weight is 362 g/mol. The molecule has 3 rings (SSSR count). The van der Waals surface area contributed by atoms with Crippen LogP contribution in [0.15, 0.2) is 27.8 Å². The van der Waals surface area contributed by atoms with Crippen LogP contribution in [0.2, 0.25) is 0 Å². The molecule has 4 amide bonds. The number of hydrogen-bond donors (Lipinski definition) is 1. The smallest absolute Gasteiger partial charge is 0.331 e. The number of carbonyl (C=O) groups is 3. The van der Waals surface area contributed by atoms with E-state index < -0.39 is 23.8 Å². The number of furan rings is 1. The number of nitrogens with zero attached hydrogens (tertiary/aromatic N) is 3. The highest BCUT2D eigenvalue weighted by Crippen LogP contribution is 2.14. The molecule has 0 bridgehead atoms. The van der Waals surface area contributed by atoms with Gasteiger partial charge >= 0.3 is 6.03 Å². The summed E-state index contributed by atoms with van der Waals surface area (Å²) in [6, 6.07) is 2.58. The summed E-state index contributed by atoms with van der Waals surface area (Å²) in [4.78, 5) is 43.8. The molecule has 1 atom stereocenters. The number of aliphatic imine (C=N–C) groups is 1. The van der Waals surface area contributed by atoms with E-state index in [1.54, 1.807) is 12.1 Å². The van der Waals surface area contributed by atoms with Crippen molar-refractivity contribution in [1.82, 2.24) is 15.1 Å². The van der Waals surface area contributed by atoms with E-state index >= 15 is 0 Å². The summed E-state index contributed by atoms with van der Waals surface area (Å²) in [6.45, 7) is 4.72. The number of urea groups is 1. The minimum atomic E-state index is -1.09. The fourth-order valence-corrected chi connectivity index (χ4v) is 2.86. The van der Waals surface area contributed by atoms with Crippen LogP contribution in [0.4, 0.5) is 4.79 Å². The van der Waals surface area contributed by atoms with E-state index in [1.807, 2.05) is 0 Å². The third kappa shape index (κ3) is 4.55. The number of ether oxygens (including phenoxy) is 1. The molecule has 9 heteroatoms. The van der Waals surface area contributed by atoms with Gasteiger partial charge in [0.2, 0.25) is 11.8 Å². The van der Waals surface area contributed by atoms with Crippen LogP contribution < -0.4 is 5.32 Å². The molecule has 3 heterocycles. The minimum absolute atomic E-state index is 0.0215. The SMILES string of the molecule is O=C1NC(=O)N(Cc2ccco2)C(=O)[C@@H]1C=NCCCN1CCOCC1. The highest BCUT2D eigenvalue weighted by atomic mass is 16.5. The van der Waals surface area contributed by atoms with Crippen molar-refractivity contribution in [2.75, 3.05) is 39.4 Å². The topological polar surface area (TPSA) is 104 Å². The summed E-state index contributed by atoms with van der Waals surface area (Å²) in [6.07, 6.45) is 3.62. The maximum atomic E-state index is 12.5. The average Bonchev–Trinajstić information content (AvgIpc) is 3.15. The number of rotatable bonds is 7. The van der Waals surface area contributed by atoms with E-state index in [9.17, 15) is 14.4 Å². The predicted octanol–water partition coefficient (Wildman–Crippen LogP) is 0.267. The van der Waals surface area contributed by atoms with Crippen molar-refractivity contribution >= 4 is 24.1 Å². The van der Waals surface area contributed by atoms with Crippen LogP contribution in [0, 0.1) is 5.92 Å². The van der Waals surface area contributed by atoms with Gasteiger partial charge in [0, 0.05) is 32.4 Å². The van der Waals surface area contributed by atoms with Gasteiger partial charge in [-0.25, -0.2) is 4.79 Å². The molecule has 140 valence electrons. The third-order valence-corrected chi connectivity index (χ3v) is 4.30. The Morgan fingerprint density at radius 2 is 2.08 bits per heavy atom. The van der Waals surface area contributed by atoms with Crippen molar-refractivity contribution in [3.8, 4) is 0 Å². The highest BCUT2D eigenvalue weighted by Gasteiger charge is 2.39.